The summed E-state index contributed by atoms with van der Waals surface area (Å²) < 4.78 is 14.4. The van der Waals surface area contributed by atoms with Gasteiger partial charge in [-0.3, -0.25) is 14.9 Å². The van der Waals surface area contributed by atoms with Gasteiger partial charge in [0.1, 0.15) is 17.3 Å². The standard InChI is InChI=1S/C25H29FN2O3/c1-13-6-7-17-18(10-13)27-23(31)25(17)19(12-24(3,4)5)28-21(22(29)30)20(25)15-8-14(2)9-16(26)11-15/h6-11,19-21,28H,12H2,1-5H3,(H,27,31)(H,29,30)/t19?,20?,21-,25-/m1/s1. The van der Waals surface area contributed by atoms with E-state index in [4.69, 9.17) is 0 Å². The van der Waals surface area contributed by atoms with Crippen molar-refractivity contribution in [1.29, 1.82) is 0 Å². The maximum absolute atomic E-state index is 14.4. The van der Waals surface area contributed by atoms with Gasteiger partial charge >= 0.3 is 5.97 Å². The number of aliphatic carboxylic acids is 1. The summed E-state index contributed by atoms with van der Waals surface area (Å²) in [5.41, 5.74) is 2.39. The fourth-order valence-corrected chi connectivity index (χ4v) is 5.49. The molecule has 2 heterocycles. The molecule has 1 saturated heterocycles. The van der Waals surface area contributed by atoms with Crippen molar-refractivity contribution >= 4 is 17.6 Å². The Morgan fingerprint density at radius 2 is 1.84 bits per heavy atom. The van der Waals surface area contributed by atoms with Gasteiger partial charge in [0, 0.05) is 17.6 Å². The number of hydrogen-bond acceptors (Lipinski definition) is 3. The predicted molar refractivity (Wildman–Crippen MR) is 118 cm³/mol. The third-order valence-electron chi connectivity index (χ3n) is 6.51. The van der Waals surface area contributed by atoms with Crippen LogP contribution in [-0.4, -0.2) is 29.1 Å². The van der Waals surface area contributed by atoms with E-state index in [0.29, 0.717) is 23.2 Å². The molecule has 2 aromatic carbocycles. The average molecular weight is 425 g/mol. The van der Waals surface area contributed by atoms with E-state index in [-0.39, 0.29) is 11.3 Å². The SMILES string of the molecule is Cc1cc(F)cc(C2[C@H](C(=O)O)NC(CC(C)(C)C)[C@@]23C(=O)Nc2cc(C)ccc23)c1. The molecule has 1 amide bonds. The number of carbonyl (C=O) groups excluding carboxylic acids is 1. The second-order valence-electron chi connectivity index (χ2n) is 10.2. The van der Waals surface area contributed by atoms with Crippen molar-refractivity contribution in [2.75, 3.05) is 5.32 Å². The number of anilines is 1. The number of carboxylic acids is 1. The molecule has 6 heteroatoms. The van der Waals surface area contributed by atoms with Crippen LogP contribution in [0.2, 0.25) is 0 Å². The number of carboxylic acid groups (broad SMARTS) is 1. The van der Waals surface area contributed by atoms with Crippen molar-refractivity contribution < 1.29 is 19.1 Å². The van der Waals surface area contributed by atoms with Gasteiger partial charge in [0.2, 0.25) is 5.91 Å². The van der Waals surface area contributed by atoms with E-state index in [1.54, 1.807) is 13.0 Å². The molecule has 2 aliphatic rings. The zero-order chi connectivity index (χ0) is 22.7. The maximum atomic E-state index is 14.4. The second kappa shape index (κ2) is 7.16. The Morgan fingerprint density at radius 1 is 1.13 bits per heavy atom. The summed E-state index contributed by atoms with van der Waals surface area (Å²) in [6, 6.07) is 8.91. The molecule has 3 N–H and O–H groups in total. The largest absolute Gasteiger partial charge is 0.480 e. The van der Waals surface area contributed by atoms with Gasteiger partial charge in [-0.25, -0.2) is 4.39 Å². The first-order valence-corrected chi connectivity index (χ1v) is 10.6. The molecule has 0 aromatic heterocycles. The van der Waals surface area contributed by atoms with Crippen molar-refractivity contribution in [2.45, 2.75) is 64.5 Å². The Labute approximate surface area is 182 Å². The molecule has 4 atom stereocenters. The number of benzene rings is 2. The lowest BCUT2D eigenvalue weighted by Crippen LogP contribution is -2.49. The monoisotopic (exact) mass is 424 g/mol. The third kappa shape index (κ3) is 3.43. The number of nitrogens with one attached hydrogen (secondary N) is 2. The Kier molecular flexibility index (Phi) is 4.97. The number of amides is 1. The Balaban J connectivity index is 2.02. The predicted octanol–water partition coefficient (Wildman–Crippen LogP) is 4.28. The number of aryl methyl sites for hydroxylation is 2. The number of rotatable bonds is 3. The van der Waals surface area contributed by atoms with Crippen LogP contribution < -0.4 is 10.6 Å². The molecule has 0 bridgehead atoms. The molecule has 31 heavy (non-hydrogen) atoms. The zero-order valence-electron chi connectivity index (χ0n) is 18.5. The summed E-state index contributed by atoms with van der Waals surface area (Å²) in [5.74, 6) is -2.46. The van der Waals surface area contributed by atoms with E-state index in [2.05, 4.69) is 31.4 Å². The van der Waals surface area contributed by atoms with Crippen LogP contribution in [0.25, 0.3) is 0 Å². The second-order valence-corrected chi connectivity index (χ2v) is 10.2. The van der Waals surface area contributed by atoms with Gasteiger partial charge in [0.25, 0.3) is 0 Å². The van der Waals surface area contributed by atoms with Crippen LogP contribution in [0.15, 0.2) is 36.4 Å². The van der Waals surface area contributed by atoms with E-state index in [1.807, 2.05) is 25.1 Å². The molecule has 0 radical (unpaired) electrons. The first-order chi connectivity index (χ1) is 14.4. The minimum Gasteiger partial charge on any atom is -0.480 e. The average Bonchev–Trinajstić information content (AvgIpc) is 3.09. The van der Waals surface area contributed by atoms with Crippen molar-refractivity contribution in [1.82, 2.24) is 5.32 Å². The molecule has 0 saturated carbocycles. The van der Waals surface area contributed by atoms with E-state index in [1.165, 1.54) is 12.1 Å². The first-order valence-electron chi connectivity index (χ1n) is 10.6. The van der Waals surface area contributed by atoms with Gasteiger partial charge in [0.05, 0.1) is 0 Å². The van der Waals surface area contributed by atoms with Crippen LogP contribution in [0.4, 0.5) is 10.1 Å². The molecule has 1 spiro atoms. The van der Waals surface area contributed by atoms with Crippen LogP contribution in [0, 0.1) is 25.1 Å². The molecule has 1 fully saturated rings. The molecule has 2 aliphatic heterocycles. The molecular weight excluding hydrogens is 395 g/mol. The van der Waals surface area contributed by atoms with Gasteiger partial charge < -0.3 is 10.4 Å². The summed E-state index contributed by atoms with van der Waals surface area (Å²) in [5, 5.41) is 16.4. The lowest BCUT2D eigenvalue weighted by atomic mass is 9.62. The quantitative estimate of drug-likeness (QED) is 0.687. The number of halogens is 1. The Morgan fingerprint density at radius 3 is 2.45 bits per heavy atom. The van der Waals surface area contributed by atoms with E-state index in [0.717, 1.165) is 11.1 Å². The highest BCUT2D eigenvalue weighted by atomic mass is 19.1. The Bertz CT molecular complexity index is 1050. The lowest BCUT2D eigenvalue weighted by Gasteiger charge is -2.37. The van der Waals surface area contributed by atoms with Gasteiger partial charge in [-0.05, 0) is 66.1 Å². The van der Waals surface area contributed by atoms with Crippen molar-refractivity contribution in [3.63, 3.8) is 0 Å². The smallest absolute Gasteiger partial charge is 0.321 e. The van der Waals surface area contributed by atoms with E-state index in [9.17, 15) is 19.1 Å². The summed E-state index contributed by atoms with van der Waals surface area (Å²) in [4.78, 5) is 26.1. The number of hydrogen-bond donors (Lipinski definition) is 3. The highest BCUT2D eigenvalue weighted by molar-refractivity contribution is 6.09. The molecule has 5 nitrogen and oxygen atoms in total. The van der Waals surface area contributed by atoms with Gasteiger partial charge in [0.15, 0.2) is 0 Å². The maximum Gasteiger partial charge on any atom is 0.321 e. The highest BCUT2D eigenvalue weighted by Gasteiger charge is 2.65. The molecule has 164 valence electrons. The Hall–Kier alpha value is -2.73. The molecule has 2 unspecified atom stereocenters. The minimum absolute atomic E-state index is 0.159. The fraction of sp³-hybridized carbons (Fsp3) is 0.440. The zero-order valence-corrected chi connectivity index (χ0v) is 18.5. The molecular formula is C25H29FN2O3. The number of carbonyl (C=O) groups is 2. The molecule has 4 rings (SSSR count). The summed E-state index contributed by atoms with van der Waals surface area (Å²) >= 11 is 0. The molecule has 2 aromatic rings. The molecule has 0 aliphatic carbocycles. The van der Waals surface area contributed by atoms with Crippen LogP contribution in [-0.2, 0) is 15.0 Å². The number of fused-ring (bicyclic) bond motifs is 2. The van der Waals surface area contributed by atoms with Gasteiger partial charge in [-0.2, -0.15) is 0 Å². The highest BCUT2D eigenvalue weighted by Crippen LogP contribution is 2.56. The van der Waals surface area contributed by atoms with Crippen molar-refractivity contribution in [3.05, 3.63) is 64.5 Å². The lowest BCUT2D eigenvalue weighted by molar-refractivity contribution is -0.139. The van der Waals surface area contributed by atoms with Crippen LogP contribution in [0.3, 0.4) is 0 Å². The van der Waals surface area contributed by atoms with Gasteiger partial charge in [-0.15, -0.1) is 0 Å². The minimum atomic E-state index is -1.15. The van der Waals surface area contributed by atoms with Gasteiger partial charge in [-0.1, -0.05) is 39.0 Å². The van der Waals surface area contributed by atoms with E-state index >= 15 is 0 Å². The van der Waals surface area contributed by atoms with Crippen molar-refractivity contribution in [2.24, 2.45) is 5.41 Å². The summed E-state index contributed by atoms with van der Waals surface area (Å²) in [6.45, 7) is 9.93. The van der Waals surface area contributed by atoms with Crippen LogP contribution in [0.1, 0.15) is 55.4 Å². The summed E-state index contributed by atoms with van der Waals surface area (Å²) in [7, 11) is 0. The normalized spacial score (nSPS) is 27.4. The van der Waals surface area contributed by atoms with Crippen molar-refractivity contribution in [3.8, 4) is 0 Å². The fourth-order valence-electron chi connectivity index (χ4n) is 5.49. The first kappa shape index (κ1) is 21.5. The topological polar surface area (TPSA) is 78.4 Å². The van der Waals surface area contributed by atoms with E-state index < -0.39 is 35.2 Å². The van der Waals surface area contributed by atoms with Crippen LogP contribution in [0.5, 0.6) is 0 Å². The summed E-state index contributed by atoms with van der Waals surface area (Å²) in [6.07, 6.45) is 0.586. The third-order valence-corrected chi connectivity index (χ3v) is 6.51. The van der Waals surface area contributed by atoms with Crippen LogP contribution >= 0.6 is 0 Å².